The molecule has 0 aliphatic carbocycles. The van der Waals surface area contributed by atoms with E-state index in [1.54, 1.807) is 0 Å². The lowest BCUT2D eigenvalue weighted by molar-refractivity contribution is -0.141. The Hall–Kier alpha value is -2.19. The number of hydrogen-bond donors (Lipinski definition) is 0. The summed E-state index contributed by atoms with van der Waals surface area (Å²) in [6, 6.07) is 0.895. The van der Waals surface area contributed by atoms with E-state index in [1.807, 2.05) is 23.4 Å². The molecule has 2 aromatic rings. The van der Waals surface area contributed by atoms with Gasteiger partial charge >= 0.3 is 6.18 Å². The standard InChI is InChI=1S/C15H19F3N6/c1-10-20-11(2)24(22-10)9-12-4-3-7-23(8-12)14-19-6-5-13(21-14)15(16,17)18/h5-6,12H,3-4,7-9H2,1-2H3. The summed E-state index contributed by atoms with van der Waals surface area (Å²) in [5, 5.41) is 4.36. The lowest BCUT2D eigenvalue weighted by Crippen LogP contribution is -2.38. The van der Waals surface area contributed by atoms with Crippen molar-refractivity contribution in [3.05, 3.63) is 29.6 Å². The first-order valence-electron chi connectivity index (χ1n) is 7.86. The van der Waals surface area contributed by atoms with Gasteiger partial charge in [-0.1, -0.05) is 0 Å². The molecule has 24 heavy (non-hydrogen) atoms. The lowest BCUT2D eigenvalue weighted by Gasteiger charge is -2.33. The molecule has 3 heterocycles. The van der Waals surface area contributed by atoms with Crippen LogP contribution in [-0.2, 0) is 12.7 Å². The first-order chi connectivity index (χ1) is 11.3. The van der Waals surface area contributed by atoms with Crippen LogP contribution in [0.1, 0.15) is 30.2 Å². The first kappa shape index (κ1) is 16.7. The minimum atomic E-state index is -4.46. The van der Waals surface area contributed by atoms with Crippen LogP contribution in [0.4, 0.5) is 19.1 Å². The number of aromatic nitrogens is 5. The maximum Gasteiger partial charge on any atom is 0.433 e. The molecule has 1 aliphatic rings. The van der Waals surface area contributed by atoms with Gasteiger partial charge in [0.25, 0.3) is 0 Å². The predicted molar refractivity (Wildman–Crippen MR) is 81.5 cm³/mol. The highest BCUT2D eigenvalue weighted by Crippen LogP contribution is 2.29. The molecule has 1 unspecified atom stereocenters. The van der Waals surface area contributed by atoms with Crippen LogP contribution < -0.4 is 4.90 Å². The molecule has 0 spiro atoms. The Bertz CT molecular complexity index is 711. The highest BCUT2D eigenvalue weighted by atomic mass is 19.4. The van der Waals surface area contributed by atoms with Crippen molar-refractivity contribution in [2.75, 3.05) is 18.0 Å². The van der Waals surface area contributed by atoms with Gasteiger partial charge in [0, 0.05) is 25.8 Å². The zero-order valence-electron chi connectivity index (χ0n) is 13.6. The van der Waals surface area contributed by atoms with E-state index in [2.05, 4.69) is 20.1 Å². The van der Waals surface area contributed by atoms with E-state index in [-0.39, 0.29) is 11.9 Å². The van der Waals surface area contributed by atoms with Gasteiger partial charge in [0.1, 0.15) is 17.3 Å². The zero-order valence-corrected chi connectivity index (χ0v) is 13.6. The van der Waals surface area contributed by atoms with Gasteiger partial charge in [-0.25, -0.2) is 19.6 Å². The molecule has 0 aromatic carbocycles. The topological polar surface area (TPSA) is 59.7 Å². The van der Waals surface area contributed by atoms with Crippen molar-refractivity contribution in [2.45, 2.75) is 39.4 Å². The van der Waals surface area contributed by atoms with Crippen molar-refractivity contribution in [1.29, 1.82) is 0 Å². The van der Waals surface area contributed by atoms with E-state index in [0.29, 0.717) is 19.6 Å². The summed E-state index contributed by atoms with van der Waals surface area (Å²) in [7, 11) is 0. The molecule has 2 aromatic heterocycles. The third-order valence-electron chi connectivity index (χ3n) is 4.13. The largest absolute Gasteiger partial charge is 0.433 e. The van der Waals surface area contributed by atoms with Crippen LogP contribution in [-0.4, -0.2) is 37.8 Å². The van der Waals surface area contributed by atoms with Crippen LogP contribution in [0.5, 0.6) is 0 Å². The number of alkyl halides is 3. The predicted octanol–water partition coefficient (Wildman–Crippen LogP) is 2.62. The highest BCUT2D eigenvalue weighted by Gasteiger charge is 2.33. The number of halogens is 3. The molecule has 0 bridgehead atoms. The second-order valence-corrected chi connectivity index (χ2v) is 6.08. The Morgan fingerprint density at radius 1 is 1.25 bits per heavy atom. The van der Waals surface area contributed by atoms with E-state index in [4.69, 9.17) is 0 Å². The van der Waals surface area contributed by atoms with E-state index in [9.17, 15) is 13.2 Å². The molecule has 1 aliphatic heterocycles. The van der Waals surface area contributed by atoms with E-state index >= 15 is 0 Å². The molecule has 0 amide bonds. The second-order valence-electron chi connectivity index (χ2n) is 6.08. The van der Waals surface area contributed by atoms with Crippen LogP contribution in [0.2, 0.25) is 0 Å². The molecular formula is C15H19F3N6. The maximum atomic E-state index is 12.8. The molecule has 1 atom stereocenters. The van der Waals surface area contributed by atoms with E-state index < -0.39 is 11.9 Å². The van der Waals surface area contributed by atoms with Crippen LogP contribution in [0, 0.1) is 19.8 Å². The smallest absolute Gasteiger partial charge is 0.340 e. The van der Waals surface area contributed by atoms with Crippen molar-refractivity contribution >= 4 is 5.95 Å². The second kappa shape index (κ2) is 6.37. The fourth-order valence-corrected chi connectivity index (χ4v) is 3.03. The number of aryl methyl sites for hydroxylation is 2. The van der Waals surface area contributed by atoms with Gasteiger partial charge < -0.3 is 4.90 Å². The van der Waals surface area contributed by atoms with Crippen molar-refractivity contribution in [2.24, 2.45) is 5.92 Å². The number of nitrogens with zero attached hydrogens (tertiary/aromatic N) is 6. The minimum absolute atomic E-state index is 0.140. The number of hydrogen-bond acceptors (Lipinski definition) is 5. The first-order valence-corrected chi connectivity index (χ1v) is 7.86. The zero-order chi connectivity index (χ0) is 17.3. The molecule has 1 saturated heterocycles. The van der Waals surface area contributed by atoms with Crippen molar-refractivity contribution in [3.8, 4) is 0 Å². The third kappa shape index (κ3) is 3.65. The SMILES string of the molecule is Cc1nc(C)n(CC2CCCN(c3nccc(C(F)(F)F)n3)C2)n1. The summed E-state index contributed by atoms with van der Waals surface area (Å²) in [6.07, 6.45) is -1.41. The summed E-state index contributed by atoms with van der Waals surface area (Å²) in [5.74, 6) is 1.99. The highest BCUT2D eigenvalue weighted by molar-refractivity contribution is 5.31. The Morgan fingerprint density at radius 2 is 2.04 bits per heavy atom. The molecule has 1 fully saturated rings. The monoisotopic (exact) mass is 340 g/mol. The van der Waals surface area contributed by atoms with Crippen molar-refractivity contribution < 1.29 is 13.2 Å². The van der Waals surface area contributed by atoms with Crippen LogP contribution in [0.25, 0.3) is 0 Å². The number of rotatable bonds is 3. The van der Waals surface area contributed by atoms with Crippen molar-refractivity contribution in [1.82, 2.24) is 24.7 Å². The average Bonchev–Trinajstić information content (AvgIpc) is 2.84. The number of anilines is 1. The normalized spacial score (nSPS) is 18.9. The van der Waals surface area contributed by atoms with E-state index in [0.717, 1.165) is 30.6 Å². The molecule has 0 saturated carbocycles. The maximum absolute atomic E-state index is 12.8. The van der Waals surface area contributed by atoms with Crippen LogP contribution in [0.3, 0.4) is 0 Å². The molecule has 0 radical (unpaired) electrons. The average molecular weight is 340 g/mol. The summed E-state index contributed by atoms with van der Waals surface area (Å²) in [4.78, 5) is 13.8. The van der Waals surface area contributed by atoms with Gasteiger partial charge in [0.2, 0.25) is 5.95 Å². The van der Waals surface area contributed by atoms with Crippen LogP contribution >= 0.6 is 0 Å². The van der Waals surface area contributed by atoms with Gasteiger partial charge in [-0.05, 0) is 38.7 Å². The van der Waals surface area contributed by atoms with Gasteiger partial charge in [-0.3, -0.25) is 0 Å². The fourth-order valence-electron chi connectivity index (χ4n) is 3.03. The molecule has 6 nitrogen and oxygen atoms in total. The molecule has 130 valence electrons. The summed E-state index contributed by atoms with van der Waals surface area (Å²) >= 11 is 0. The Morgan fingerprint density at radius 3 is 2.71 bits per heavy atom. The quantitative estimate of drug-likeness (QED) is 0.860. The fraction of sp³-hybridized carbons (Fsp3) is 0.600. The van der Waals surface area contributed by atoms with Gasteiger partial charge in [0.05, 0.1) is 0 Å². The van der Waals surface area contributed by atoms with Gasteiger partial charge in [-0.2, -0.15) is 18.3 Å². The van der Waals surface area contributed by atoms with Gasteiger partial charge in [-0.15, -0.1) is 0 Å². The van der Waals surface area contributed by atoms with Gasteiger partial charge in [0.15, 0.2) is 0 Å². The molecular weight excluding hydrogens is 321 g/mol. The van der Waals surface area contributed by atoms with E-state index in [1.165, 1.54) is 6.20 Å². The molecule has 9 heteroatoms. The summed E-state index contributed by atoms with van der Waals surface area (Å²) in [5.41, 5.74) is -0.905. The summed E-state index contributed by atoms with van der Waals surface area (Å²) < 4.78 is 40.3. The minimum Gasteiger partial charge on any atom is -0.340 e. The third-order valence-corrected chi connectivity index (χ3v) is 4.13. The van der Waals surface area contributed by atoms with Crippen molar-refractivity contribution in [3.63, 3.8) is 0 Å². The lowest BCUT2D eigenvalue weighted by atomic mass is 9.98. The molecule has 0 N–H and O–H groups in total. The summed E-state index contributed by atoms with van der Waals surface area (Å²) in [6.45, 7) is 5.71. The Labute approximate surface area is 137 Å². The van der Waals surface area contributed by atoms with Crippen LogP contribution in [0.15, 0.2) is 12.3 Å². The molecule has 3 rings (SSSR count). The Kier molecular flexibility index (Phi) is 4.42. The number of piperidine rings is 1. The Balaban J connectivity index is 1.73.